The molecule has 1 rings (SSSR count). The second-order valence-corrected chi connectivity index (χ2v) is 2.50. The minimum atomic E-state index is -0.942. The average Bonchev–Trinajstić information content (AvgIpc) is 2.45. The molecular weight excluding hydrogens is 170 g/mol. The minimum Gasteiger partial charge on any atom is -0.478 e. The highest BCUT2D eigenvalue weighted by atomic mass is 16.4. The van der Waals surface area contributed by atoms with E-state index in [-0.39, 0.29) is 0 Å². The summed E-state index contributed by atoms with van der Waals surface area (Å²) in [6.45, 7) is 0.462. The van der Waals surface area contributed by atoms with Crippen LogP contribution in [0.3, 0.4) is 0 Å². The van der Waals surface area contributed by atoms with Crippen LogP contribution in [-0.2, 0) is 11.8 Å². The van der Waals surface area contributed by atoms with Crippen molar-refractivity contribution in [1.29, 1.82) is 0 Å². The number of hydrogen-bond donors (Lipinski definition) is 2. The van der Waals surface area contributed by atoms with E-state index >= 15 is 0 Å². The maximum Gasteiger partial charge on any atom is 0.328 e. The molecule has 13 heavy (non-hydrogen) atoms. The molecule has 0 unspecified atom stereocenters. The van der Waals surface area contributed by atoms with Crippen LogP contribution in [0.25, 0.3) is 0 Å². The number of aliphatic carboxylic acids is 1. The Morgan fingerprint density at radius 1 is 1.85 bits per heavy atom. The summed E-state index contributed by atoms with van der Waals surface area (Å²) in [7, 11) is 1.82. The SMILES string of the molecule is Cn1ccc(NC/C=C/C(=O)O)n1. The Labute approximate surface area is 75.7 Å². The molecule has 1 aromatic rings. The van der Waals surface area contributed by atoms with Crippen molar-refractivity contribution in [2.45, 2.75) is 0 Å². The Hall–Kier alpha value is -1.78. The van der Waals surface area contributed by atoms with Crippen LogP contribution in [0.5, 0.6) is 0 Å². The number of aryl methyl sites for hydroxylation is 1. The van der Waals surface area contributed by atoms with Gasteiger partial charge >= 0.3 is 5.97 Å². The lowest BCUT2D eigenvalue weighted by Gasteiger charge is -1.95. The molecule has 0 saturated carbocycles. The fourth-order valence-corrected chi connectivity index (χ4v) is 0.833. The van der Waals surface area contributed by atoms with Gasteiger partial charge in [0.15, 0.2) is 0 Å². The zero-order valence-electron chi connectivity index (χ0n) is 7.27. The third kappa shape index (κ3) is 3.42. The van der Waals surface area contributed by atoms with Gasteiger partial charge in [0, 0.05) is 31.9 Å². The summed E-state index contributed by atoms with van der Waals surface area (Å²) >= 11 is 0. The normalized spacial score (nSPS) is 10.5. The second-order valence-electron chi connectivity index (χ2n) is 2.50. The van der Waals surface area contributed by atoms with Crippen LogP contribution in [-0.4, -0.2) is 27.4 Å². The molecule has 0 fully saturated rings. The summed E-state index contributed by atoms with van der Waals surface area (Å²) in [5, 5.41) is 15.3. The quantitative estimate of drug-likeness (QED) is 0.663. The fraction of sp³-hybridized carbons (Fsp3) is 0.250. The van der Waals surface area contributed by atoms with Gasteiger partial charge in [0.05, 0.1) is 0 Å². The van der Waals surface area contributed by atoms with Gasteiger partial charge in [-0.05, 0) is 0 Å². The molecule has 5 nitrogen and oxygen atoms in total. The van der Waals surface area contributed by atoms with Gasteiger partial charge in [0.1, 0.15) is 5.82 Å². The molecule has 0 aliphatic rings. The topological polar surface area (TPSA) is 67.2 Å². The van der Waals surface area contributed by atoms with Crippen LogP contribution in [0.4, 0.5) is 5.82 Å². The Balaban J connectivity index is 2.31. The number of carboxylic acids is 1. The Kier molecular flexibility index (Phi) is 3.08. The molecule has 0 saturated heterocycles. The molecule has 0 aliphatic carbocycles. The number of nitrogens with one attached hydrogen (secondary N) is 1. The second kappa shape index (κ2) is 4.30. The van der Waals surface area contributed by atoms with Crippen molar-refractivity contribution in [1.82, 2.24) is 9.78 Å². The number of hydrogen-bond acceptors (Lipinski definition) is 3. The van der Waals surface area contributed by atoms with Crippen LogP contribution in [0.2, 0.25) is 0 Å². The van der Waals surface area contributed by atoms with E-state index in [0.717, 1.165) is 11.9 Å². The van der Waals surface area contributed by atoms with Crippen LogP contribution in [0.15, 0.2) is 24.4 Å². The van der Waals surface area contributed by atoms with Crippen molar-refractivity contribution < 1.29 is 9.90 Å². The molecule has 70 valence electrons. The highest BCUT2D eigenvalue weighted by molar-refractivity contribution is 5.79. The summed E-state index contributed by atoms with van der Waals surface area (Å²) < 4.78 is 1.67. The Bertz CT molecular complexity index is 317. The lowest BCUT2D eigenvalue weighted by Crippen LogP contribution is -2.00. The van der Waals surface area contributed by atoms with E-state index in [1.54, 1.807) is 4.68 Å². The van der Waals surface area contributed by atoms with E-state index in [1.807, 2.05) is 19.3 Å². The van der Waals surface area contributed by atoms with Crippen molar-refractivity contribution in [3.8, 4) is 0 Å². The van der Waals surface area contributed by atoms with Crippen LogP contribution < -0.4 is 5.32 Å². The molecule has 0 amide bonds. The molecule has 0 bridgehead atoms. The first-order chi connectivity index (χ1) is 6.18. The van der Waals surface area contributed by atoms with Crippen LogP contribution in [0, 0.1) is 0 Å². The molecule has 2 N–H and O–H groups in total. The largest absolute Gasteiger partial charge is 0.478 e. The standard InChI is InChI=1S/C8H11N3O2/c1-11-6-4-7(10-11)9-5-2-3-8(12)13/h2-4,6H,5H2,1H3,(H,9,10)(H,12,13)/b3-2+. The molecule has 1 aromatic heterocycles. The zero-order chi connectivity index (χ0) is 9.68. The van der Waals surface area contributed by atoms with E-state index < -0.39 is 5.97 Å². The molecule has 0 radical (unpaired) electrons. The fourth-order valence-electron chi connectivity index (χ4n) is 0.833. The highest BCUT2D eigenvalue weighted by Crippen LogP contribution is 1.99. The number of carbonyl (C=O) groups is 1. The summed E-state index contributed by atoms with van der Waals surface area (Å²) in [6.07, 6.45) is 4.43. The lowest BCUT2D eigenvalue weighted by molar-refractivity contribution is -0.131. The summed E-state index contributed by atoms with van der Waals surface area (Å²) in [6, 6.07) is 1.81. The van der Waals surface area contributed by atoms with E-state index in [2.05, 4.69) is 10.4 Å². The summed E-state index contributed by atoms with van der Waals surface area (Å²) in [5.41, 5.74) is 0. The highest BCUT2D eigenvalue weighted by Gasteiger charge is 1.92. The number of aromatic nitrogens is 2. The lowest BCUT2D eigenvalue weighted by atomic mass is 10.5. The van der Waals surface area contributed by atoms with Gasteiger partial charge < -0.3 is 10.4 Å². The van der Waals surface area contributed by atoms with Gasteiger partial charge in [-0.15, -0.1) is 0 Å². The van der Waals surface area contributed by atoms with E-state index in [4.69, 9.17) is 5.11 Å². The number of nitrogens with zero attached hydrogens (tertiary/aromatic N) is 2. The third-order valence-electron chi connectivity index (χ3n) is 1.38. The molecule has 0 spiro atoms. The van der Waals surface area contributed by atoms with E-state index in [0.29, 0.717) is 6.54 Å². The maximum atomic E-state index is 10.1. The smallest absolute Gasteiger partial charge is 0.328 e. The van der Waals surface area contributed by atoms with Gasteiger partial charge in [0.25, 0.3) is 0 Å². The molecule has 1 heterocycles. The first-order valence-electron chi connectivity index (χ1n) is 3.81. The first-order valence-corrected chi connectivity index (χ1v) is 3.81. The molecule has 0 aliphatic heterocycles. The Morgan fingerprint density at radius 3 is 3.15 bits per heavy atom. The minimum absolute atomic E-state index is 0.462. The van der Waals surface area contributed by atoms with Gasteiger partial charge in [-0.25, -0.2) is 4.79 Å². The van der Waals surface area contributed by atoms with Crippen molar-refractivity contribution in [2.75, 3.05) is 11.9 Å². The van der Waals surface area contributed by atoms with Gasteiger partial charge in [-0.2, -0.15) is 5.10 Å². The molecule has 5 heteroatoms. The van der Waals surface area contributed by atoms with Crippen molar-refractivity contribution in [2.24, 2.45) is 7.05 Å². The van der Waals surface area contributed by atoms with Gasteiger partial charge in [-0.3, -0.25) is 4.68 Å². The number of rotatable bonds is 4. The Morgan fingerprint density at radius 2 is 2.62 bits per heavy atom. The predicted molar refractivity (Wildman–Crippen MR) is 48.5 cm³/mol. The molecule has 0 atom stereocenters. The summed E-state index contributed by atoms with van der Waals surface area (Å²) in [5.74, 6) is -0.208. The summed E-state index contributed by atoms with van der Waals surface area (Å²) in [4.78, 5) is 10.1. The average molecular weight is 181 g/mol. The monoisotopic (exact) mass is 181 g/mol. The van der Waals surface area contributed by atoms with Gasteiger partial charge in [-0.1, -0.05) is 6.08 Å². The molecule has 0 aromatic carbocycles. The maximum absolute atomic E-state index is 10.1. The number of carboxylic acid groups (broad SMARTS) is 1. The van der Waals surface area contributed by atoms with Gasteiger partial charge in [0.2, 0.25) is 0 Å². The van der Waals surface area contributed by atoms with Crippen molar-refractivity contribution >= 4 is 11.8 Å². The number of anilines is 1. The van der Waals surface area contributed by atoms with Crippen LogP contribution >= 0.6 is 0 Å². The van der Waals surface area contributed by atoms with Crippen molar-refractivity contribution in [3.05, 3.63) is 24.4 Å². The molecular formula is C8H11N3O2. The van der Waals surface area contributed by atoms with E-state index in [1.165, 1.54) is 6.08 Å². The first kappa shape index (κ1) is 9.31. The third-order valence-corrected chi connectivity index (χ3v) is 1.38. The van der Waals surface area contributed by atoms with E-state index in [9.17, 15) is 4.79 Å². The van der Waals surface area contributed by atoms with Crippen molar-refractivity contribution in [3.63, 3.8) is 0 Å². The zero-order valence-corrected chi connectivity index (χ0v) is 7.27. The van der Waals surface area contributed by atoms with Crippen LogP contribution in [0.1, 0.15) is 0 Å². The predicted octanol–water partition coefficient (Wildman–Crippen LogP) is 0.473.